The minimum absolute atomic E-state index is 0.0913. The molecule has 1 unspecified atom stereocenters. The van der Waals surface area contributed by atoms with Gasteiger partial charge >= 0.3 is 0 Å². The average Bonchev–Trinajstić information content (AvgIpc) is 3.00. The number of hydrogen-bond donors (Lipinski definition) is 2. The van der Waals surface area contributed by atoms with Crippen molar-refractivity contribution in [3.63, 3.8) is 0 Å². The van der Waals surface area contributed by atoms with E-state index >= 15 is 0 Å². The first-order valence-electron chi connectivity index (χ1n) is 5.93. The molecule has 20 heavy (non-hydrogen) atoms. The molecule has 1 atom stereocenters. The molecule has 2 rings (SSSR count). The van der Waals surface area contributed by atoms with Crippen LogP contribution in [0.25, 0.3) is 0 Å². The highest BCUT2D eigenvalue weighted by Crippen LogP contribution is 2.24. The summed E-state index contributed by atoms with van der Waals surface area (Å²) in [6, 6.07) is 8.60. The molecule has 0 aliphatic carbocycles. The van der Waals surface area contributed by atoms with Crippen molar-refractivity contribution in [2.24, 2.45) is 0 Å². The predicted molar refractivity (Wildman–Crippen MR) is 75.2 cm³/mol. The van der Waals surface area contributed by atoms with Crippen LogP contribution in [0.2, 0.25) is 0 Å². The Morgan fingerprint density at radius 3 is 2.90 bits per heavy atom. The maximum atomic E-state index is 11.9. The van der Waals surface area contributed by atoms with Crippen LogP contribution in [-0.2, 0) is 5.60 Å². The van der Waals surface area contributed by atoms with Crippen LogP contribution < -0.4 is 5.32 Å². The molecule has 5 nitrogen and oxygen atoms in total. The number of amides is 1. The zero-order valence-electron chi connectivity index (χ0n) is 10.8. The van der Waals surface area contributed by atoms with Crippen molar-refractivity contribution in [3.05, 3.63) is 52.0 Å². The summed E-state index contributed by atoms with van der Waals surface area (Å²) in [5, 5.41) is 23.5. The first-order valence-corrected chi connectivity index (χ1v) is 6.81. The fourth-order valence-corrected chi connectivity index (χ4v) is 2.40. The van der Waals surface area contributed by atoms with Gasteiger partial charge in [-0.3, -0.25) is 4.79 Å². The van der Waals surface area contributed by atoms with Gasteiger partial charge in [-0.15, -0.1) is 11.3 Å². The number of rotatable bonds is 4. The molecule has 0 saturated carbocycles. The van der Waals surface area contributed by atoms with Gasteiger partial charge in [0.25, 0.3) is 5.91 Å². The van der Waals surface area contributed by atoms with Gasteiger partial charge in [0.1, 0.15) is 17.4 Å². The minimum Gasteiger partial charge on any atom is -0.383 e. The van der Waals surface area contributed by atoms with Crippen molar-refractivity contribution >= 4 is 17.2 Å². The topological polar surface area (TPSA) is 86.0 Å². The molecule has 0 aliphatic rings. The van der Waals surface area contributed by atoms with Crippen molar-refractivity contribution in [1.82, 2.24) is 10.3 Å². The van der Waals surface area contributed by atoms with Gasteiger partial charge in [-0.05, 0) is 30.5 Å². The molecule has 0 saturated heterocycles. The average molecular weight is 287 g/mol. The van der Waals surface area contributed by atoms with Crippen LogP contribution in [0.4, 0.5) is 0 Å². The highest BCUT2D eigenvalue weighted by atomic mass is 32.1. The minimum atomic E-state index is -1.11. The van der Waals surface area contributed by atoms with Gasteiger partial charge in [-0.2, -0.15) is 5.26 Å². The summed E-state index contributed by atoms with van der Waals surface area (Å²) in [7, 11) is 0. The Morgan fingerprint density at radius 2 is 2.35 bits per heavy atom. The third kappa shape index (κ3) is 3.20. The lowest BCUT2D eigenvalue weighted by molar-refractivity contribution is 0.0555. The highest BCUT2D eigenvalue weighted by Gasteiger charge is 2.25. The molecular formula is C14H13N3O2S. The van der Waals surface area contributed by atoms with Crippen molar-refractivity contribution in [2.45, 2.75) is 12.5 Å². The number of thiophene rings is 1. The van der Waals surface area contributed by atoms with E-state index in [4.69, 9.17) is 5.26 Å². The fraction of sp³-hybridized carbons (Fsp3) is 0.214. The Labute approximate surface area is 120 Å². The van der Waals surface area contributed by atoms with Crippen molar-refractivity contribution in [3.8, 4) is 6.07 Å². The van der Waals surface area contributed by atoms with Gasteiger partial charge < -0.3 is 10.4 Å². The first-order chi connectivity index (χ1) is 9.53. The van der Waals surface area contributed by atoms with E-state index in [-0.39, 0.29) is 18.1 Å². The third-order valence-corrected chi connectivity index (χ3v) is 3.89. The second kappa shape index (κ2) is 5.82. The number of carbonyl (C=O) groups excluding carboxylic acids is 1. The summed E-state index contributed by atoms with van der Waals surface area (Å²) in [4.78, 5) is 16.6. The second-order valence-electron chi connectivity index (χ2n) is 4.48. The Balaban J connectivity index is 2.00. The molecular weight excluding hydrogens is 274 g/mol. The van der Waals surface area contributed by atoms with Crippen LogP contribution >= 0.6 is 11.3 Å². The summed E-state index contributed by atoms with van der Waals surface area (Å²) in [6.45, 7) is 1.74. The number of pyridine rings is 1. The summed E-state index contributed by atoms with van der Waals surface area (Å²) in [5.41, 5.74) is -0.505. The van der Waals surface area contributed by atoms with E-state index in [0.29, 0.717) is 5.56 Å². The SMILES string of the molecule is CC(O)(CNC(=O)c1ccc(C#N)cn1)c1cccs1. The van der Waals surface area contributed by atoms with E-state index in [1.54, 1.807) is 6.92 Å². The lowest BCUT2D eigenvalue weighted by Crippen LogP contribution is -2.38. The molecule has 102 valence electrons. The molecule has 2 N–H and O–H groups in total. The molecule has 0 fully saturated rings. The molecule has 0 spiro atoms. The number of nitriles is 1. The van der Waals surface area contributed by atoms with Gasteiger partial charge in [0, 0.05) is 11.1 Å². The standard InChI is InChI=1S/C14H13N3O2S/c1-14(19,12-3-2-6-20-12)9-17-13(18)11-5-4-10(7-15)8-16-11/h2-6,8,19H,9H2,1H3,(H,17,18). The van der Waals surface area contributed by atoms with E-state index in [9.17, 15) is 9.90 Å². The lowest BCUT2D eigenvalue weighted by atomic mass is 10.1. The molecule has 2 heterocycles. The van der Waals surface area contributed by atoms with Crippen LogP contribution in [0.1, 0.15) is 27.9 Å². The maximum absolute atomic E-state index is 11.9. The van der Waals surface area contributed by atoms with E-state index < -0.39 is 5.60 Å². The zero-order valence-corrected chi connectivity index (χ0v) is 11.6. The maximum Gasteiger partial charge on any atom is 0.269 e. The van der Waals surface area contributed by atoms with Gasteiger partial charge in [0.2, 0.25) is 0 Å². The molecule has 6 heteroatoms. The van der Waals surface area contributed by atoms with Crippen molar-refractivity contribution in [2.75, 3.05) is 6.54 Å². The van der Waals surface area contributed by atoms with E-state index in [1.807, 2.05) is 23.6 Å². The van der Waals surface area contributed by atoms with E-state index in [0.717, 1.165) is 4.88 Å². The molecule has 1 amide bonds. The van der Waals surface area contributed by atoms with Crippen LogP contribution in [0.15, 0.2) is 35.8 Å². The molecule has 2 aromatic rings. The first kappa shape index (κ1) is 14.2. The molecule has 0 bridgehead atoms. The number of aromatic nitrogens is 1. The number of nitrogens with one attached hydrogen (secondary N) is 1. The summed E-state index contributed by atoms with van der Waals surface area (Å²) >= 11 is 1.43. The van der Waals surface area contributed by atoms with Gasteiger partial charge in [-0.25, -0.2) is 4.98 Å². The number of carbonyl (C=O) groups is 1. The smallest absolute Gasteiger partial charge is 0.269 e. The highest BCUT2D eigenvalue weighted by molar-refractivity contribution is 7.10. The van der Waals surface area contributed by atoms with E-state index in [1.165, 1.54) is 29.7 Å². The van der Waals surface area contributed by atoms with E-state index in [2.05, 4.69) is 10.3 Å². The molecule has 0 aromatic carbocycles. The van der Waals surface area contributed by atoms with Crippen molar-refractivity contribution in [1.29, 1.82) is 5.26 Å². The summed E-state index contributed by atoms with van der Waals surface area (Å²) < 4.78 is 0. The molecule has 0 radical (unpaired) electrons. The fourth-order valence-electron chi connectivity index (χ4n) is 1.61. The lowest BCUT2D eigenvalue weighted by Gasteiger charge is -2.22. The van der Waals surface area contributed by atoms with Gasteiger partial charge in [0.15, 0.2) is 0 Å². The molecule has 2 aromatic heterocycles. The third-order valence-electron chi connectivity index (χ3n) is 2.77. The van der Waals surface area contributed by atoms with Crippen LogP contribution in [-0.4, -0.2) is 22.5 Å². The summed E-state index contributed by atoms with van der Waals surface area (Å²) in [5.74, 6) is -0.383. The predicted octanol–water partition coefficient (Wildman–Crippen LogP) is 1.65. The molecule has 0 aliphatic heterocycles. The number of aliphatic hydroxyl groups is 1. The van der Waals surface area contributed by atoms with Gasteiger partial charge in [-0.1, -0.05) is 6.07 Å². The quantitative estimate of drug-likeness (QED) is 0.895. The zero-order chi connectivity index (χ0) is 14.6. The number of nitrogens with zero attached hydrogens (tertiary/aromatic N) is 2. The van der Waals surface area contributed by atoms with Gasteiger partial charge in [0.05, 0.1) is 12.1 Å². The normalized spacial score (nSPS) is 13.2. The second-order valence-corrected chi connectivity index (χ2v) is 5.43. The van der Waals surface area contributed by atoms with Crippen molar-refractivity contribution < 1.29 is 9.90 Å². The largest absolute Gasteiger partial charge is 0.383 e. The monoisotopic (exact) mass is 287 g/mol. The summed E-state index contributed by atoms with van der Waals surface area (Å²) in [6.07, 6.45) is 1.34. The van der Waals surface area contributed by atoms with Crippen LogP contribution in [0, 0.1) is 11.3 Å². The number of hydrogen-bond acceptors (Lipinski definition) is 5. The van der Waals surface area contributed by atoms with Crippen LogP contribution in [0.5, 0.6) is 0 Å². The van der Waals surface area contributed by atoms with Crippen LogP contribution in [0.3, 0.4) is 0 Å². The Hall–Kier alpha value is -2.23. The Morgan fingerprint density at radius 1 is 1.55 bits per heavy atom. The Kier molecular flexibility index (Phi) is 4.13. The Bertz CT molecular complexity index is 627.